The van der Waals surface area contributed by atoms with Crippen molar-refractivity contribution in [3.05, 3.63) is 28.2 Å². The number of halogens is 3. The van der Waals surface area contributed by atoms with Gasteiger partial charge in [-0.15, -0.1) is 0 Å². The van der Waals surface area contributed by atoms with Crippen molar-refractivity contribution >= 4 is 0 Å². The van der Waals surface area contributed by atoms with Crippen LogP contribution in [0.5, 0.6) is 0 Å². The van der Waals surface area contributed by atoms with E-state index in [4.69, 9.17) is 0 Å². The first-order valence-electron chi connectivity index (χ1n) is 7.89. The predicted molar refractivity (Wildman–Crippen MR) is 81.3 cm³/mol. The molecule has 23 heavy (non-hydrogen) atoms. The zero-order valence-electron chi connectivity index (χ0n) is 13.5. The van der Waals surface area contributed by atoms with Crippen LogP contribution >= 0.6 is 0 Å². The van der Waals surface area contributed by atoms with E-state index >= 15 is 0 Å². The number of nitrogens with zero attached hydrogens (tertiary/aromatic N) is 4. The fourth-order valence-electron chi connectivity index (χ4n) is 2.71. The fraction of sp³-hybridized carbons (Fsp3) is 0.733. The van der Waals surface area contributed by atoms with Crippen LogP contribution in [0, 0.1) is 0 Å². The molecule has 0 saturated carbocycles. The van der Waals surface area contributed by atoms with Crippen molar-refractivity contribution in [2.24, 2.45) is 0 Å². The van der Waals surface area contributed by atoms with Crippen LogP contribution in [-0.4, -0.2) is 58.3 Å². The summed E-state index contributed by atoms with van der Waals surface area (Å²) in [5, 5.41) is 3.41. The van der Waals surface area contributed by atoms with Crippen molar-refractivity contribution in [3.8, 4) is 0 Å². The Hall–Kier alpha value is -1.41. The van der Waals surface area contributed by atoms with Gasteiger partial charge < -0.3 is 4.90 Å². The van der Waals surface area contributed by atoms with Crippen LogP contribution in [0.25, 0.3) is 0 Å². The van der Waals surface area contributed by atoms with Crippen LogP contribution in [0.15, 0.2) is 16.9 Å². The minimum Gasteiger partial charge on any atom is -0.301 e. The zero-order chi connectivity index (χ0) is 17.0. The van der Waals surface area contributed by atoms with Crippen molar-refractivity contribution in [2.75, 3.05) is 32.7 Å². The van der Waals surface area contributed by atoms with E-state index in [2.05, 4.69) is 28.7 Å². The number of rotatable bonds is 5. The van der Waals surface area contributed by atoms with Gasteiger partial charge in [0.2, 0.25) is 0 Å². The summed E-state index contributed by atoms with van der Waals surface area (Å²) < 4.78 is 38.8. The number of aromatic nitrogens is 2. The SMILES string of the molecule is CC(C)N1CCN(CCCn2nc(C(F)(F)F)ccc2=O)CC1. The summed E-state index contributed by atoms with van der Waals surface area (Å²) in [6.45, 7) is 9.19. The van der Waals surface area contributed by atoms with E-state index in [0.29, 0.717) is 12.5 Å². The lowest BCUT2D eigenvalue weighted by Gasteiger charge is -2.36. The highest BCUT2D eigenvalue weighted by Crippen LogP contribution is 2.26. The zero-order valence-corrected chi connectivity index (χ0v) is 13.5. The molecule has 2 rings (SSSR count). The van der Waals surface area contributed by atoms with Gasteiger partial charge in [0, 0.05) is 51.4 Å². The first-order chi connectivity index (χ1) is 10.8. The Labute approximate surface area is 133 Å². The molecule has 0 amide bonds. The normalized spacial score (nSPS) is 17.8. The van der Waals surface area contributed by atoms with Gasteiger partial charge in [0.05, 0.1) is 0 Å². The molecule has 1 fully saturated rings. The average Bonchev–Trinajstić information content (AvgIpc) is 2.48. The second-order valence-electron chi connectivity index (χ2n) is 6.10. The molecule has 1 aliphatic rings. The molecule has 1 aliphatic heterocycles. The Morgan fingerprint density at radius 1 is 1.13 bits per heavy atom. The van der Waals surface area contributed by atoms with Crippen molar-refractivity contribution in [2.45, 2.75) is 39.0 Å². The number of hydrogen-bond acceptors (Lipinski definition) is 4. The molecule has 130 valence electrons. The molecule has 2 heterocycles. The van der Waals surface area contributed by atoms with Gasteiger partial charge in [-0.05, 0) is 26.3 Å². The summed E-state index contributed by atoms with van der Waals surface area (Å²) in [6.07, 6.45) is -3.92. The standard InChI is InChI=1S/C15H23F3N4O/c1-12(2)21-10-8-20(9-11-21)6-3-7-22-14(23)5-4-13(19-22)15(16,17)18/h4-5,12H,3,6-11H2,1-2H3. The Morgan fingerprint density at radius 2 is 1.78 bits per heavy atom. The maximum atomic E-state index is 12.6. The Kier molecular flexibility index (Phi) is 5.80. The van der Waals surface area contributed by atoms with Crippen molar-refractivity contribution < 1.29 is 13.2 Å². The van der Waals surface area contributed by atoms with E-state index < -0.39 is 17.4 Å². The van der Waals surface area contributed by atoms with Gasteiger partial charge in [-0.1, -0.05) is 0 Å². The highest BCUT2D eigenvalue weighted by molar-refractivity contribution is 5.04. The van der Waals surface area contributed by atoms with E-state index in [1.165, 1.54) is 0 Å². The van der Waals surface area contributed by atoms with Gasteiger partial charge in [-0.25, -0.2) is 4.68 Å². The van der Waals surface area contributed by atoms with Crippen LogP contribution in [0.2, 0.25) is 0 Å². The first-order valence-corrected chi connectivity index (χ1v) is 7.89. The van der Waals surface area contributed by atoms with Crippen LogP contribution in [-0.2, 0) is 12.7 Å². The Bertz CT molecular complexity index is 563. The second-order valence-corrected chi connectivity index (χ2v) is 6.10. The van der Waals surface area contributed by atoms with Crippen LogP contribution in [0.3, 0.4) is 0 Å². The van der Waals surface area contributed by atoms with Crippen LogP contribution < -0.4 is 5.56 Å². The molecular weight excluding hydrogens is 309 g/mol. The number of hydrogen-bond donors (Lipinski definition) is 0. The lowest BCUT2D eigenvalue weighted by atomic mass is 10.2. The maximum absolute atomic E-state index is 12.6. The summed E-state index contributed by atoms with van der Waals surface area (Å²) in [4.78, 5) is 16.3. The minimum atomic E-state index is -4.53. The molecule has 0 atom stereocenters. The van der Waals surface area contributed by atoms with Gasteiger partial charge in [-0.2, -0.15) is 18.3 Å². The van der Waals surface area contributed by atoms with E-state index in [1.807, 2.05) is 0 Å². The van der Waals surface area contributed by atoms with Gasteiger partial charge in [0.25, 0.3) is 5.56 Å². The lowest BCUT2D eigenvalue weighted by molar-refractivity contribution is -0.142. The molecule has 5 nitrogen and oxygen atoms in total. The molecule has 1 aromatic rings. The van der Waals surface area contributed by atoms with E-state index in [0.717, 1.165) is 49.5 Å². The molecule has 0 aliphatic carbocycles. The highest BCUT2D eigenvalue weighted by Gasteiger charge is 2.33. The van der Waals surface area contributed by atoms with Crippen LogP contribution in [0.1, 0.15) is 26.0 Å². The monoisotopic (exact) mass is 332 g/mol. The van der Waals surface area contributed by atoms with Crippen molar-refractivity contribution in [3.63, 3.8) is 0 Å². The number of piperazine rings is 1. The summed E-state index contributed by atoms with van der Waals surface area (Å²) in [5.41, 5.74) is -1.52. The molecule has 1 aromatic heterocycles. The van der Waals surface area contributed by atoms with Gasteiger partial charge in [0.15, 0.2) is 5.69 Å². The lowest BCUT2D eigenvalue weighted by Crippen LogP contribution is -2.49. The van der Waals surface area contributed by atoms with Gasteiger partial charge >= 0.3 is 6.18 Å². The van der Waals surface area contributed by atoms with Gasteiger partial charge in [0.1, 0.15) is 0 Å². The highest BCUT2D eigenvalue weighted by atomic mass is 19.4. The average molecular weight is 332 g/mol. The molecule has 0 bridgehead atoms. The molecule has 1 saturated heterocycles. The molecule has 0 radical (unpaired) electrons. The summed E-state index contributed by atoms with van der Waals surface area (Å²) >= 11 is 0. The third-order valence-corrected chi connectivity index (χ3v) is 4.14. The molecule has 8 heteroatoms. The maximum Gasteiger partial charge on any atom is 0.435 e. The third-order valence-electron chi connectivity index (χ3n) is 4.14. The van der Waals surface area contributed by atoms with E-state index in [9.17, 15) is 18.0 Å². The summed E-state index contributed by atoms with van der Waals surface area (Å²) in [5.74, 6) is 0. The molecule has 0 spiro atoms. The fourth-order valence-corrected chi connectivity index (χ4v) is 2.71. The van der Waals surface area contributed by atoms with Crippen LogP contribution in [0.4, 0.5) is 13.2 Å². The largest absolute Gasteiger partial charge is 0.435 e. The van der Waals surface area contributed by atoms with Crippen molar-refractivity contribution in [1.82, 2.24) is 19.6 Å². The Morgan fingerprint density at radius 3 is 2.35 bits per heavy atom. The van der Waals surface area contributed by atoms with E-state index in [1.54, 1.807) is 0 Å². The number of alkyl halides is 3. The summed E-state index contributed by atoms with van der Waals surface area (Å²) in [6, 6.07) is 2.19. The first kappa shape index (κ1) is 17.9. The van der Waals surface area contributed by atoms with Gasteiger partial charge in [-0.3, -0.25) is 9.69 Å². The van der Waals surface area contributed by atoms with Crippen molar-refractivity contribution in [1.29, 1.82) is 0 Å². The third kappa shape index (κ3) is 5.04. The molecular formula is C15H23F3N4O. The topological polar surface area (TPSA) is 41.4 Å². The minimum absolute atomic E-state index is 0.202. The molecule has 0 N–H and O–H groups in total. The molecule has 0 unspecified atom stereocenters. The second kappa shape index (κ2) is 7.44. The quantitative estimate of drug-likeness (QED) is 0.823. The predicted octanol–water partition coefficient (Wildman–Crippen LogP) is 1.68. The summed E-state index contributed by atoms with van der Waals surface area (Å²) in [7, 11) is 0. The Balaban J connectivity index is 1.84. The molecule has 0 aromatic carbocycles. The smallest absolute Gasteiger partial charge is 0.301 e. The number of aryl methyl sites for hydroxylation is 1. The van der Waals surface area contributed by atoms with E-state index in [-0.39, 0.29) is 6.54 Å².